The Morgan fingerprint density at radius 2 is 1.64 bits per heavy atom. The molecule has 50 heavy (non-hydrogen) atoms. The molecule has 10 atom stereocenters. The molecular weight excluding hydrogens is 700 g/mol. The van der Waals surface area contributed by atoms with Crippen molar-refractivity contribution in [2.45, 2.75) is 123 Å². The van der Waals surface area contributed by atoms with E-state index < -0.39 is 40.7 Å². The van der Waals surface area contributed by atoms with Gasteiger partial charge in [-0.25, -0.2) is 4.79 Å². The van der Waals surface area contributed by atoms with E-state index in [1.165, 1.54) is 13.8 Å². The zero-order valence-corrected chi connectivity index (χ0v) is 32.6. The van der Waals surface area contributed by atoms with Crippen LogP contribution in [0, 0.1) is 39.9 Å². The molecule has 8 nitrogen and oxygen atoms in total. The summed E-state index contributed by atoms with van der Waals surface area (Å²) in [6, 6.07) is 8.75. The Bertz CT molecular complexity index is 1560. The molecule has 5 rings (SSSR count). The van der Waals surface area contributed by atoms with Gasteiger partial charge in [0.1, 0.15) is 6.10 Å². The minimum Gasteiger partial charge on any atom is -0.458 e. The van der Waals surface area contributed by atoms with Gasteiger partial charge in [-0.1, -0.05) is 69.7 Å². The van der Waals surface area contributed by atoms with E-state index in [9.17, 15) is 24.3 Å². The summed E-state index contributed by atoms with van der Waals surface area (Å²) >= 11 is 3.82. The number of rotatable bonds is 9. The standard InChI is InChI=1S/C41H55BrO8/c1-24(2)13-12-16-29(37(47)48-23-33(46)28-14-10-9-11-15-28)35-31-21-32(45)36-38(6)19-20-41(42,50-27(5)44)25(3)30(38)17-18-39(36,7)40(31,8)22-34(35)49-26(4)43/h9-11,13-15,25,30-32,34,36,45H,12,16-23H2,1-8H3/t25-,30?,31+,32+,34-,36+,38-,39-,40-,41+/m0/s1. The molecule has 4 fully saturated rings. The maximum absolute atomic E-state index is 14.1. The van der Waals surface area contributed by atoms with Gasteiger partial charge in [0.15, 0.2) is 16.9 Å². The van der Waals surface area contributed by atoms with Crippen LogP contribution in [0.2, 0.25) is 0 Å². The molecule has 4 aliphatic rings. The normalized spacial score (nSPS) is 38.4. The highest BCUT2D eigenvalue weighted by Crippen LogP contribution is 2.75. The fourth-order valence-corrected chi connectivity index (χ4v) is 11.8. The summed E-state index contributed by atoms with van der Waals surface area (Å²) in [7, 11) is 0. The van der Waals surface area contributed by atoms with E-state index in [4.69, 9.17) is 14.2 Å². The monoisotopic (exact) mass is 754 g/mol. The van der Waals surface area contributed by atoms with Gasteiger partial charge in [-0.3, -0.25) is 14.4 Å². The summed E-state index contributed by atoms with van der Waals surface area (Å²) in [5.41, 5.74) is 1.76. The highest BCUT2D eigenvalue weighted by Gasteiger charge is 2.72. The Labute approximate surface area is 305 Å². The minimum atomic E-state index is -0.741. The van der Waals surface area contributed by atoms with Crippen molar-refractivity contribution in [3.63, 3.8) is 0 Å². The number of ketones is 1. The first kappa shape index (κ1) is 38.5. The van der Waals surface area contributed by atoms with E-state index in [0.29, 0.717) is 43.2 Å². The minimum absolute atomic E-state index is 0.0373. The first-order valence-electron chi connectivity index (χ1n) is 18.2. The van der Waals surface area contributed by atoms with Crippen LogP contribution in [0.4, 0.5) is 0 Å². The molecule has 0 radical (unpaired) electrons. The second-order valence-corrected chi connectivity index (χ2v) is 17.8. The van der Waals surface area contributed by atoms with Gasteiger partial charge in [0, 0.05) is 30.9 Å². The molecule has 1 aromatic carbocycles. The van der Waals surface area contributed by atoms with E-state index in [-0.39, 0.29) is 46.3 Å². The number of allylic oxidation sites excluding steroid dienone is 2. The number of Topliss-reactive ketones (excluding diaryl/α,β-unsaturated/α-hetero) is 1. The number of halogens is 1. The van der Waals surface area contributed by atoms with Crippen LogP contribution in [0.1, 0.15) is 117 Å². The maximum Gasteiger partial charge on any atom is 0.334 e. The third-order valence-electron chi connectivity index (χ3n) is 13.4. The topological polar surface area (TPSA) is 116 Å². The van der Waals surface area contributed by atoms with Gasteiger partial charge in [0.25, 0.3) is 0 Å². The molecule has 4 aliphatic carbocycles. The number of carbonyl (C=O) groups excluding carboxylic acids is 4. The molecule has 1 unspecified atom stereocenters. The van der Waals surface area contributed by atoms with Gasteiger partial charge in [-0.15, -0.1) is 0 Å². The van der Waals surface area contributed by atoms with Crippen molar-refractivity contribution in [3.05, 3.63) is 58.7 Å². The van der Waals surface area contributed by atoms with Crippen LogP contribution in [0.15, 0.2) is 53.1 Å². The molecule has 1 aromatic rings. The van der Waals surface area contributed by atoms with Crippen molar-refractivity contribution < 1.29 is 38.5 Å². The van der Waals surface area contributed by atoms with E-state index in [2.05, 4.69) is 49.7 Å². The fraction of sp³-hybridized carbons (Fsp3) is 0.659. The summed E-state index contributed by atoms with van der Waals surface area (Å²) in [6.45, 7) is 15.5. The molecule has 1 N–H and O–H groups in total. The van der Waals surface area contributed by atoms with Crippen molar-refractivity contribution in [1.29, 1.82) is 0 Å². The molecule has 0 amide bonds. The van der Waals surface area contributed by atoms with Crippen LogP contribution in [-0.2, 0) is 28.6 Å². The van der Waals surface area contributed by atoms with E-state index in [1.54, 1.807) is 24.3 Å². The Morgan fingerprint density at radius 3 is 2.26 bits per heavy atom. The molecule has 0 aliphatic heterocycles. The Morgan fingerprint density at radius 1 is 0.960 bits per heavy atom. The third kappa shape index (κ3) is 6.78. The Hall–Kier alpha value is -2.78. The predicted octanol–water partition coefficient (Wildman–Crippen LogP) is 8.30. The molecule has 274 valence electrons. The lowest BCUT2D eigenvalue weighted by Gasteiger charge is -2.69. The molecular formula is C41H55BrO8. The summed E-state index contributed by atoms with van der Waals surface area (Å²) in [6.07, 6.45) is 5.78. The number of benzene rings is 1. The van der Waals surface area contributed by atoms with Crippen LogP contribution in [0.3, 0.4) is 0 Å². The largest absolute Gasteiger partial charge is 0.458 e. The van der Waals surface area contributed by atoms with Gasteiger partial charge in [-0.05, 0) is 121 Å². The van der Waals surface area contributed by atoms with E-state index in [1.807, 2.05) is 19.9 Å². The van der Waals surface area contributed by atoms with Crippen LogP contribution in [0.5, 0.6) is 0 Å². The number of esters is 3. The average molecular weight is 756 g/mol. The van der Waals surface area contributed by atoms with Gasteiger partial charge < -0.3 is 19.3 Å². The van der Waals surface area contributed by atoms with Crippen molar-refractivity contribution in [2.75, 3.05) is 6.61 Å². The number of aliphatic hydroxyl groups excluding tert-OH is 1. The number of fused-ring (bicyclic) bond motifs is 5. The molecule has 9 heteroatoms. The summed E-state index contributed by atoms with van der Waals surface area (Å²) in [4.78, 5) is 51.8. The summed E-state index contributed by atoms with van der Waals surface area (Å²) in [5.74, 6) is -1.66. The highest BCUT2D eigenvalue weighted by molar-refractivity contribution is 9.10. The highest BCUT2D eigenvalue weighted by atomic mass is 79.9. The molecule has 0 saturated heterocycles. The lowest BCUT2D eigenvalue weighted by atomic mass is 9.36. The van der Waals surface area contributed by atoms with E-state index in [0.717, 1.165) is 30.4 Å². The van der Waals surface area contributed by atoms with Crippen molar-refractivity contribution in [1.82, 2.24) is 0 Å². The number of aliphatic hydroxyl groups is 1. The summed E-state index contributed by atoms with van der Waals surface area (Å²) < 4.78 is 17.0. The Balaban J connectivity index is 1.55. The SMILES string of the molecule is CC(=O)O[C@H]1C[C@@]2(C)[C@H](C[C@@H](O)[C@@H]3[C@@]4(C)CC[C@@](Br)(OC(C)=O)[C@@H](C)C4CC[C@@]32C)C1=C(CCC=C(C)C)C(=O)OCC(=O)c1ccccc1. The number of alkyl halides is 1. The lowest BCUT2D eigenvalue weighted by Crippen LogP contribution is -2.66. The molecule has 4 saturated carbocycles. The quantitative estimate of drug-likeness (QED) is 0.0669. The van der Waals surface area contributed by atoms with Gasteiger partial charge in [0.2, 0.25) is 0 Å². The van der Waals surface area contributed by atoms with Crippen LogP contribution in [0.25, 0.3) is 0 Å². The van der Waals surface area contributed by atoms with Crippen molar-refractivity contribution >= 4 is 39.6 Å². The van der Waals surface area contributed by atoms with Gasteiger partial charge in [0.05, 0.1) is 6.10 Å². The number of carbonyl (C=O) groups is 4. The van der Waals surface area contributed by atoms with Crippen LogP contribution in [-0.4, -0.2) is 52.1 Å². The molecule has 0 spiro atoms. The summed E-state index contributed by atoms with van der Waals surface area (Å²) in [5, 5.41) is 12.4. The second kappa shape index (κ2) is 14.3. The zero-order valence-electron chi connectivity index (χ0n) is 31.0. The lowest BCUT2D eigenvalue weighted by molar-refractivity contribution is -0.239. The zero-order chi connectivity index (χ0) is 36.8. The first-order valence-corrected chi connectivity index (χ1v) is 19.0. The smallest absolute Gasteiger partial charge is 0.334 e. The first-order chi connectivity index (χ1) is 23.4. The number of hydrogen-bond acceptors (Lipinski definition) is 8. The fourth-order valence-electron chi connectivity index (χ4n) is 11.0. The average Bonchev–Trinajstić information content (AvgIpc) is 3.31. The van der Waals surface area contributed by atoms with Crippen LogP contribution < -0.4 is 0 Å². The molecule has 0 heterocycles. The predicted molar refractivity (Wildman–Crippen MR) is 194 cm³/mol. The van der Waals surface area contributed by atoms with Gasteiger partial charge in [-0.2, -0.15) is 0 Å². The molecule has 0 aromatic heterocycles. The number of ether oxygens (including phenoxy) is 3. The van der Waals surface area contributed by atoms with Crippen LogP contribution >= 0.6 is 15.9 Å². The third-order valence-corrected chi connectivity index (χ3v) is 14.6. The van der Waals surface area contributed by atoms with E-state index >= 15 is 0 Å². The number of hydrogen-bond donors (Lipinski definition) is 1. The van der Waals surface area contributed by atoms with Gasteiger partial charge >= 0.3 is 17.9 Å². The Kier molecular flexibility index (Phi) is 11.0. The van der Waals surface area contributed by atoms with Crippen molar-refractivity contribution in [3.8, 4) is 0 Å². The molecule has 0 bridgehead atoms. The maximum atomic E-state index is 14.1. The second-order valence-electron chi connectivity index (χ2n) is 16.4. The van der Waals surface area contributed by atoms with Crippen molar-refractivity contribution in [2.24, 2.45) is 39.9 Å².